The molecule has 112 valence electrons. The number of hydrogen-bond donors (Lipinski definition) is 0. The van der Waals surface area contributed by atoms with E-state index in [0.717, 1.165) is 12.8 Å². The Labute approximate surface area is 130 Å². The molecule has 2 heterocycles. The van der Waals surface area contributed by atoms with Gasteiger partial charge in [-0.3, -0.25) is 4.79 Å². The van der Waals surface area contributed by atoms with Gasteiger partial charge in [0.15, 0.2) is 10.4 Å². The van der Waals surface area contributed by atoms with Crippen LogP contribution in [0.2, 0.25) is 0 Å². The Balaban J connectivity index is 2.26. The monoisotopic (exact) mass is 383 g/mol. The minimum atomic E-state index is -3.94. The minimum absolute atomic E-state index is 0.0162. The molecule has 2 rings (SSSR count). The van der Waals surface area contributed by atoms with Crippen LogP contribution in [0.5, 0.6) is 0 Å². The average Bonchev–Trinajstić information content (AvgIpc) is 2.70. The van der Waals surface area contributed by atoms with Crippen LogP contribution in [0.25, 0.3) is 0 Å². The Morgan fingerprint density at radius 2 is 2.15 bits per heavy atom. The van der Waals surface area contributed by atoms with E-state index < -0.39 is 9.05 Å². The van der Waals surface area contributed by atoms with Crippen molar-refractivity contribution in [2.45, 2.75) is 37.6 Å². The quantitative estimate of drug-likeness (QED) is 0.734. The van der Waals surface area contributed by atoms with Crippen molar-refractivity contribution in [1.29, 1.82) is 0 Å². The van der Waals surface area contributed by atoms with Crippen molar-refractivity contribution in [2.24, 2.45) is 5.92 Å². The van der Waals surface area contributed by atoms with Crippen LogP contribution in [-0.4, -0.2) is 31.8 Å². The van der Waals surface area contributed by atoms with Crippen molar-refractivity contribution in [1.82, 2.24) is 4.90 Å². The third-order valence-electron chi connectivity index (χ3n) is 3.53. The zero-order valence-electron chi connectivity index (χ0n) is 11.1. The molecule has 20 heavy (non-hydrogen) atoms. The highest BCUT2D eigenvalue weighted by molar-refractivity contribution is 9.10. The van der Waals surface area contributed by atoms with E-state index in [1.165, 1.54) is 6.07 Å². The predicted molar refractivity (Wildman–Crippen MR) is 78.3 cm³/mol. The molecule has 0 spiro atoms. The summed E-state index contributed by atoms with van der Waals surface area (Å²) >= 11 is 2.97. The highest BCUT2D eigenvalue weighted by Gasteiger charge is 2.31. The summed E-state index contributed by atoms with van der Waals surface area (Å²) in [6, 6.07) is 1.27. The molecule has 1 fully saturated rings. The van der Waals surface area contributed by atoms with Gasteiger partial charge in [0.25, 0.3) is 15.0 Å². The highest BCUT2D eigenvalue weighted by Crippen LogP contribution is 2.31. The molecule has 1 saturated heterocycles. The number of halogens is 2. The molecule has 2 unspecified atom stereocenters. The number of amides is 1. The minimum Gasteiger partial charge on any atom is -0.443 e. The van der Waals surface area contributed by atoms with Gasteiger partial charge < -0.3 is 9.32 Å². The summed E-state index contributed by atoms with van der Waals surface area (Å²) in [5.41, 5.74) is 0. The molecule has 0 radical (unpaired) electrons. The molecule has 1 aliphatic rings. The average molecular weight is 385 g/mol. The maximum absolute atomic E-state index is 12.4. The smallest absolute Gasteiger partial charge is 0.289 e. The van der Waals surface area contributed by atoms with Crippen molar-refractivity contribution in [2.75, 3.05) is 6.54 Å². The Hall–Kier alpha value is -0.530. The fraction of sp³-hybridized carbons (Fsp3) is 0.583. The van der Waals surface area contributed by atoms with Crippen molar-refractivity contribution >= 4 is 41.6 Å². The molecule has 0 bridgehead atoms. The third-order valence-corrected chi connectivity index (χ3v) is 5.71. The van der Waals surface area contributed by atoms with Gasteiger partial charge in [-0.2, -0.15) is 0 Å². The first-order chi connectivity index (χ1) is 9.20. The standard InChI is InChI=1S/C12H15BrClNO4S/c1-7-3-4-15(8(2)5-7)12(16)9-6-10(11(13)19-9)20(14,17)18/h6-8H,3-5H2,1-2H3. The molecule has 1 aromatic heterocycles. The molecule has 8 heteroatoms. The van der Waals surface area contributed by atoms with Crippen molar-refractivity contribution in [3.05, 3.63) is 16.5 Å². The van der Waals surface area contributed by atoms with E-state index in [4.69, 9.17) is 15.1 Å². The summed E-state index contributed by atoms with van der Waals surface area (Å²) in [6.07, 6.45) is 1.85. The largest absolute Gasteiger partial charge is 0.443 e. The van der Waals surface area contributed by atoms with Crippen LogP contribution >= 0.6 is 26.6 Å². The van der Waals surface area contributed by atoms with E-state index in [0.29, 0.717) is 12.5 Å². The second kappa shape index (κ2) is 5.69. The lowest BCUT2D eigenvalue weighted by molar-refractivity contribution is 0.0555. The molecular formula is C12H15BrClNO4S. The van der Waals surface area contributed by atoms with E-state index in [2.05, 4.69) is 22.9 Å². The predicted octanol–water partition coefficient (Wildman–Crippen LogP) is 3.23. The van der Waals surface area contributed by atoms with Crippen molar-refractivity contribution < 1.29 is 17.6 Å². The summed E-state index contributed by atoms with van der Waals surface area (Å²) in [4.78, 5) is 13.9. The van der Waals surface area contributed by atoms with Gasteiger partial charge in [-0.05, 0) is 41.6 Å². The normalized spacial score (nSPS) is 23.9. The summed E-state index contributed by atoms with van der Waals surface area (Å²) in [6.45, 7) is 4.77. The van der Waals surface area contributed by atoms with Crippen LogP contribution in [0, 0.1) is 5.92 Å². The van der Waals surface area contributed by atoms with Crippen LogP contribution in [-0.2, 0) is 9.05 Å². The zero-order chi connectivity index (χ0) is 15.1. The highest BCUT2D eigenvalue weighted by atomic mass is 79.9. The van der Waals surface area contributed by atoms with Gasteiger partial charge in [0, 0.05) is 29.3 Å². The summed E-state index contributed by atoms with van der Waals surface area (Å²) in [7, 11) is 1.33. The number of rotatable bonds is 2. The van der Waals surface area contributed by atoms with E-state index in [9.17, 15) is 13.2 Å². The molecule has 1 amide bonds. The topological polar surface area (TPSA) is 67.6 Å². The van der Waals surface area contributed by atoms with Gasteiger partial charge in [0.1, 0.15) is 4.90 Å². The molecule has 0 aromatic carbocycles. The second-order valence-corrected chi connectivity index (χ2v) is 8.42. The number of furan rings is 1. The number of nitrogens with zero attached hydrogens (tertiary/aromatic N) is 1. The van der Waals surface area contributed by atoms with Crippen LogP contribution in [0.15, 0.2) is 20.0 Å². The fourth-order valence-corrected chi connectivity index (χ4v) is 4.51. The maximum atomic E-state index is 12.4. The number of likely N-dealkylation sites (tertiary alicyclic amines) is 1. The maximum Gasteiger partial charge on any atom is 0.289 e. The summed E-state index contributed by atoms with van der Waals surface area (Å²) in [5.74, 6) is 0.255. The zero-order valence-corrected chi connectivity index (χ0v) is 14.3. The summed E-state index contributed by atoms with van der Waals surface area (Å²) in [5, 5.41) is 0. The number of carbonyl (C=O) groups is 1. The van der Waals surface area contributed by atoms with E-state index in [1.54, 1.807) is 4.90 Å². The second-order valence-electron chi connectivity index (χ2n) is 5.16. The molecule has 1 aromatic rings. The number of carbonyl (C=O) groups excluding carboxylic acids is 1. The molecular weight excluding hydrogens is 370 g/mol. The lowest BCUT2D eigenvalue weighted by atomic mass is 9.93. The summed E-state index contributed by atoms with van der Waals surface area (Å²) < 4.78 is 27.8. The van der Waals surface area contributed by atoms with E-state index in [-0.39, 0.29) is 27.3 Å². The molecule has 0 N–H and O–H groups in total. The van der Waals surface area contributed by atoms with E-state index >= 15 is 0 Å². The number of piperidine rings is 1. The van der Waals surface area contributed by atoms with Crippen LogP contribution in [0.3, 0.4) is 0 Å². The molecule has 0 aliphatic carbocycles. The van der Waals surface area contributed by atoms with Crippen molar-refractivity contribution in [3.8, 4) is 0 Å². The van der Waals surface area contributed by atoms with Gasteiger partial charge in [-0.25, -0.2) is 8.42 Å². The van der Waals surface area contributed by atoms with Crippen LogP contribution in [0.1, 0.15) is 37.2 Å². The molecule has 1 aliphatic heterocycles. The van der Waals surface area contributed by atoms with Gasteiger partial charge in [-0.15, -0.1) is 0 Å². The fourth-order valence-electron chi connectivity index (χ4n) is 2.47. The Kier molecular flexibility index (Phi) is 4.51. The van der Waals surface area contributed by atoms with Gasteiger partial charge in [-0.1, -0.05) is 6.92 Å². The Bertz CT molecular complexity index is 627. The Morgan fingerprint density at radius 3 is 2.65 bits per heavy atom. The SMILES string of the molecule is CC1CCN(C(=O)c2cc(S(=O)(=O)Cl)c(Br)o2)C(C)C1. The van der Waals surface area contributed by atoms with Gasteiger partial charge in [0.2, 0.25) is 0 Å². The first kappa shape index (κ1) is 15.9. The number of hydrogen-bond acceptors (Lipinski definition) is 4. The lowest BCUT2D eigenvalue weighted by Gasteiger charge is -2.35. The molecule has 5 nitrogen and oxygen atoms in total. The van der Waals surface area contributed by atoms with Gasteiger partial charge in [0.05, 0.1) is 0 Å². The first-order valence-corrected chi connectivity index (χ1v) is 9.35. The van der Waals surface area contributed by atoms with Gasteiger partial charge >= 0.3 is 0 Å². The van der Waals surface area contributed by atoms with Crippen molar-refractivity contribution in [3.63, 3.8) is 0 Å². The molecule has 2 atom stereocenters. The molecule has 0 saturated carbocycles. The van der Waals surface area contributed by atoms with Crippen LogP contribution < -0.4 is 0 Å². The first-order valence-electron chi connectivity index (χ1n) is 6.25. The Morgan fingerprint density at radius 1 is 1.50 bits per heavy atom. The van der Waals surface area contributed by atoms with E-state index in [1.807, 2.05) is 6.92 Å². The third kappa shape index (κ3) is 3.20. The lowest BCUT2D eigenvalue weighted by Crippen LogP contribution is -2.44. The van der Waals surface area contributed by atoms with Crippen LogP contribution in [0.4, 0.5) is 0 Å².